The number of rotatable bonds is 11. The second kappa shape index (κ2) is 10.0. The molecule has 0 aromatic heterocycles. The molecule has 0 aliphatic heterocycles. The smallest absolute Gasteiger partial charge is 0.336 e. The second-order valence-electron chi connectivity index (χ2n) is 5.49. The van der Waals surface area contributed by atoms with Gasteiger partial charge >= 0.3 is 11.9 Å². The van der Waals surface area contributed by atoms with Gasteiger partial charge in [0.15, 0.2) is 0 Å². The van der Waals surface area contributed by atoms with Crippen LogP contribution in [0, 0.1) is 4.91 Å². The summed E-state index contributed by atoms with van der Waals surface area (Å²) in [5.74, 6) is -3.26. The van der Waals surface area contributed by atoms with Gasteiger partial charge in [-0.3, -0.25) is 9.59 Å². The Kier molecular flexibility index (Phi) is 8.04. The van der Waals surface area contributed by atoms with E-state index in [0.29, 0.717) is 25.8 Å². The topological polar surface area (TPSA) is 145 Å². The minimum atomic E-state index is -1.21. The van der Waals surface area contributed by atoms with Crippen molar-refractivity contribution >= 4 is 23.5 Å². The number of nitroso groups, excluding NO2 is 1. The highest BCUT2D eigenvalue weighted by atomic mass is 16.4. The zero-order valence-corrected chi connectivity index (χ0v) is 13.8. The molecule has 0 saturated heterocycles. The molecule has 4 N–H and O–H groups in total. The van der Waals surface area contributed by atoms with Gasteiger partial charge in [-0.25, -0.2) is 10.2 Å². The van der Waals surface area contributed by atoms with Crippen LogP contribution in [0.3, 0.4) is 0 Å². The summed E-state index contributed by atoms with van der Waals surface area (Å²) in [6, 6.07) is 4.27. The van der Waals surface area contributed by atoms with Crippen LogP contribution < -0.4 is 10.7 Å². The summed E-state index contributed by atoms with van der Waals surface area (Å²) in [7, 11) is 0. The molecule has 9 nitrogen and oxygen atoms in total. The zero-order chi connectivity index (χ0) is 18.8. The third-order valence-corrected chi connectivity index (χ3v) is 3.70. The van der Waals surface area contributed by atoms with Crippen LogP contribution in [0.15, 0.2) is 23.5 Å². The SMILES string of the molecule is CC(C(=O)NCCCCCC(=O)O)c1c(NN=O)cccc1C(=O)O. The number of carbonyl (C=O) groups excluding carboxylic acids is 1. The maximum Gasteiger partial charge on any atom is 0.336 e. The fourth-order valence-corrected chi connectivity index (χ4v) is 2.44. The molecule has 0 fully saturated rings. The Morgan fingerprint density at radius 1 is 1.16 bits per heavy atom. The van der Waals surface area contributed by atoms with E-state index in [1.165, 1.54) is 25.1 Å². The molecule has 0 aliphatic carbocycles. The standard InChI is InChI=1S/C16H21N3O6/c1-10(15(22)17-9-4-2-3-8-13(20)21)14-11(16(23)24)6-5-7-12(14)18-19-25/h5-7,10H,2-4,8-9H2,1H3,(H,17,22)(H,18,25)(H,20,21)(H,23,24). The lowest BCUT2D eigenvalue weighted by Gasteiger charge is -2.17. The lowest BCUT2D eigenvalue weighted by atomic mass is 9.93. The monoisotopic (exact) mass is 351 g/mol. The van der Waals surface area contributed by atoms with Crippen molar-refractivity contribution in [1.82, 2.24) is 5.32 Å². The first kappa shape index (κ1) is 20.1. The average molecular weight is 351 g/mol. The number of anilines is 1. The van der Waals surface area contributed by atoms with Gasteiger partial charge < -0.3 is 15.5 Å². The molecule has 25 heavy (non-hydrogen) atoms. The van der Waals surface area contributed by atoms with Gasteiger partial charge in [0, 0.05) is 18.5 Å². The van der Waals surface area contributed by atoms with Crippen molar-refractivity contribution in [2.75, 3.05) is 12.0 Å². The van der Waals surface area contributed by atoms with Crippen LogP contribution >= 0.6 is 0 Å². The van der Waals surface area contributed by atoms with Gasteiger partial charge in [-0.15, -0.1) is 4.91 Å². The Hall–Kier alpha value is -2.97. The molecule has 0 saturated carbocycles. The number of carboxylic acids is 2. The van der Waals surface area contributed by atoms with Crippen LogP contribution in [0.4, 0.5) is 5.69 Å². The molecule has 0 bridgehead atoms. The number of aromatic carboxylic acids is 1. The highest BCUT2D eigenvalue weighted by molar-refractivity contribution is 5.95. The van der Waals surface area contributed by atoms with Crippen molar-refractivity contribution in [3.05, 3.63) is 34.2 Å². The number of nitrogens with zero attached hydrogens (tertiary/aromatic N) is 1. The van der Waals surface area contributed by atoms with E-state index in [4.69, 9.17) is 5.11 Å². The van der Waals surface area contributed by atoms with Gasteiger partial charge in [0.1, 0.15) is 0 Å². The summed E-state index contributed by atoms with van der Waals surface area (Å²) in [4.78, 5) is 44.5. The number of carboxylic acid groups (broad SMARTS) is 2. The lowest BCUT2D eigenvalue weighted by molar-refractivity contribution is -0.137. The van der Waals surface area contributed by atoms with Crippen molar-refractivity contribution in [1.29, 1.82) is 0 Å². The van der Waals surface area contributed by atoms with E-state index < -0.39 is 17.9 Å². The first-order valence-electron chi connectivity index (χ1n) is 7.82. The Balaban J connectivity index is 2.73. The minimum Gasteiger partial charge on any atom is -0.481 e. The fraction of sp³-hybridized carbons (Fsp3) is 0.438. The highest BCUT2D eigenvalue weighted by Gasteiger charge is 2.24. The number of hydrogen-bond acceptors (Lipinski definition) is 5. The van der Waals surface area contributed by atoms with Gasteiger partial charge in [-0.2, -0.15) is 0 Å². The molecule has 1 unspecified atom stereocenters. The molecule has 1 rings (SSSR count). The second-order valence-corrected chi connectivity index (χ2v) is 5.49. The molecular weight excluding hydrogens is 330 g/mol. The van der Waals surface area contributed by atoms with Gasteiger partial charge in [-0.05, 0) is 31.9 Å². The van der Waals surface area contributed by atoms with E-state index in [-0.39, 0.29) is 29.1 Å². The van der Waals surface area contributed by atoms with Crippen molar-refractivity contribution in [3.63, 3.8) is 0 Å². The van der Waals surface area contributed by atoms with E-state index in [1.54, 1.807) is 0 Å². The quantitative estimate of drug-likeness (QED) is 0.272. The molecular formula is C16H21N3O6. The van der Waals surface area contributed by atoms with Crippen LogP contribution in [0.5, 0.6) is 0 Å². The van der Waals surface area contributed by atoms with Crippen molar-refractivity contribution in [2.45, 2.75) is 38.5 Å². The fourth-order valence-electron chi connectivity index (χ4n) is 2.44. The van der Waals surface area contributed by atoms with Crippen molar-refractivity contribution < 1.29 is 24.6 Å². The maximum atomic E-state index is 12.3. The summed E-state index contributed by atoms with van der Waals surface area (Å²) in [6.07, 6.45) is 1.90. The number of hydrogen-bond donors (Lipinski definition) is 4. The van der Waals surface area contributed by atoms with Gasteiger partial charge in [0.05, 0.1) is 22.5 Å². The number of benzene rings is 1. The third-order valence-electron chi connectivity index (χ3n) is 3.70. The molecule has 0 heterocycles. The molecule has 0 aliphatic rings. The summed E-state index contributed by atoms with van der Waals surface area (Å²) in [5.41, 5.74) is 2.43. The first-order valence-corrected chi connectivity index (χ1v) is 7.82. The molecule has 0 radical (unpaired) electrons. The summed E-state index contributed by atoms with van der Waals surface area (Å²) < 4.78 is 0. The molecule has 136 valence electrons. The Morgan fingerprint density at radius 2 is 1.88 bits per heavy atom. The van der Waals surface area contributed by atoms with E-state index in [0.717, 1.165) is 0 Å². The third kappa shape index (κ3) is 6.21. The number of carbonyl (C=O) groups is 3. The van der Waals surface area contributed by atoms with Crippen molar-refractivity contribution in [2.24, 2.45) is 5.29 Å². The highest BCUT2D eigenvalue weighted by Crippen LogP contribution is 2.29. The molecule has 1 amide bonds. The van der Waals surface area contributed by atoms with E-state index in [2.05, 4.69) is 16.0 Å². The predicted octanol–water partition coefficient (Wildman–Crippen LogP) is 2.34. The van der Waals surface area contributed by atoms with Gasteiger partial charge in [0.2, 0.25) is 5.91 Å². The number of unbranched alkanes of at least 4 members (excludes halogenated alkanes) is 2. The minimum absolute atomic E-state index is 0.0854. The molecule has 1 atom stereocenters. The first-order chi connectivity index (χ1) is 11.9. The van der Waals surface area contributed by atoms with E-state index in [1.807, 2.05) is 0 Å². The Labute approximate surface area is 144 Å². The number of amides is 1. The largest absolute Gasteiger partial charge is 0.481 e. The summed E-state index contributed by atoms with van der Waals surface area (Å²) >= 11 is 0. The van der Waals surface area contributed by atoms with Crippen molar-refractivity contribution in [3.8, 4) is 0 Å². The summed E-state index contributed by atoms with van der Waals surface area (Å²) in [6.45, 7) is 1.89. The molecule has 1 aromatic rings. The maximum absolute atomic E-state index is 12.3. The van der Waals surface area contributed by atoms with E-state index >= 15 is 0 Å². The normalized spacial score (nSPS) is 11.4. The van der Waals surface area contributed by atoms with Crippen LogP contribution in [0.25, 0.3) is 0 Å². The Morgan fingerprint density at radius 3 is 2.48 bits per heavy atom. The molecule has 0 spiro atoms. The van der Waals surface area contributed by atoms with Crippen LogP contribution in [0.1, 0.15) is 54.4 Å². The summed E-state index contributed by atoms with van der Waals surface area (Å²) in [5, 5.41) is 23.1. The van der Waals surface area contributed by atoms with Gasteiger partial charge in [-0.1, -0.05) is 12.5 Å². The molecule has 1 aromatic carbocycles. The predicted molar refractivity (Wildman–Crippen MR) is 90.3 cm³/mol. The average Bonchev–Trinajstić information content (AvgIpc) is 2.56. The molecule has 9 heteroatoms. The Bertz CT molecular complexity index is 647. The zero-order valence-electron chi connectivity index (χ0n) is 13.8. The van der Waals surface area contributed by atoms with E-state index in [9.17, 15) is 24.4 Å². The van der Waals surface area contributed by atoms with Crippen LogP contribution in [-0.4, -0.2) is 34.6 Å². The van der Waals surface area contributed by atoms with Crippen LogP contribution in [0.2, 0.25) is 0 Å². The number of nitrogens with one attached hydrogen (secondary N) is 2. The van der Waals surface area contributed by atoms with Gasteiger partial charge in [0.25, 0.3) is 0 Å². The lowest BCUT2D eigenvalue weighted by Crippen LogP contribution is -2.30. The number of aliphatic carboxylic acids is 1. The van der Waals surface area contributed by atoms with Crippen LogP contribution in [-0.2, 0) is 9.59 Å².